The Kier molecular flexibility index (Phi) is 7.02. The van der Waals surface area contributed by atoms with Gasteiger partial charge in [0.25, 0.3) is 0 Å². The average molecular weight is 438 g/mol. The first-order chi connectivity index (χ1) is 14.2. The fourth-order valence-corrected chi connectivity index (χ4v) is 5.79. The van der Waals surface area contributed by atoms with Gasteiger partial charge in [-0.25, -0.2) is 8.42 Å². The minimum absolute atomic E-state index is 0.0619. The van der Waals surface area contributed by atoms with Gasteiger partial charge in [-0.15, -0.1) is 0 Å². The molecule has 2 heterocycles. The molecule has 0 bridgehead atoms. The maximum Gasteiger partial charge on any atom is 0.243 e. The van der Waals surface area contributed by atoms with Gasteiger partial charge in [0.15, 0.2) is 0 Å². The van der Waals surface area contributed by atoms with Crippen LogP contribution in [0.4, 0.5) is 0 Å². The Morgan fingerprint density at radius 3 is 2.20 bits per heavy atom. The lowest BCUT2D eigenvalue weighted by molar-refractivity contribution is -0.139. The fraction of sp³-hybridized carbons (Fsp3) is 0.619. The van der Waals surface area contributed by atoms with E-state index in [4.69, 9.17) is 10.5 Å². The molecule has 166 valence electrons. The van der Waals surface area contributed by atoms with Gasteiger partial charge in [-0.05, 0) is 63.3 Å². The summed E-state index contributed by atoms with van der Waals surface area (Å²) in [6.07, 6.45) is 2.21. The van der Waals surface area contributed by atoms with Crippen LogP contribution in [0.15, 0.2) is 23.1 Å². The average Bonchev–Trinajstić information content (AvgIpc) is 2.75. The highest BCUT2D eigenvalue weighted by atomic mass is 32.2. The quantitative estimate of drug-likeness (QED) is 0.726. The van der Waals surface area contributed by atoms with E-state index < -0.39 is 10.0 Å². The third-order valence-electron chi connectivity index (χ3n) is 6.10. The summed E-state index contributed by atoms with van der Waals surface area (Å²) in [6, 6.07) is 4.91. The van der Waals surface area contributed by atoms with Crippen LogP contribution >= 0.6 is 0 Å². The zero-order chi connectivity index (χ0) is 21.9. The van der Waals surface area contributed by atoms with Crippen LogP contribution in [-0.4, -0.2) is 62.2 Å². The Hall–Kier alpha value is -2.13. The van der Waals surface area contributed by atoms with Gasteiger partial charge in [-0.3, -0.25) is 9.59 Å². The summed E-state index contributed by atoms with van der Waals surface area (Å²) in [5.41, 5.74) is 6.14. The summed E-state index contributed by atoms with van der Waals surface area (Å²) < 4.78 is 33.0. The van der Waals surface area contributed by atoms with Crippen LogP contribution in [-0.2, 0) is 19.6 Å². The minimum atomic E-state index is -3.61. The highest BCUT2D eigenvalue weighted by Gasteiger charge is 2.35. The van der Waals surface area contributed by atoms with Crippen molar-refractivity contribution in [3.05, 3.63) is 23.8 Å². The van der Waals surface area contributed by atoms with Crippen LogP contribution in [0.5, 0.6) is 5.75 Å². The van der Waals surface area contributed by atoms with E-state index in [0.29, 0.717) is 64.2 Å². The van der Waals surface area contributed by atoms with E-state index in [9.17, 15) is 18.0 Å². The molecule has 2 aliphatic rings. The third-order valence-corrected chi connectivity index (χ3v) is 7.99. The van der Waals surface area contributed by atoms with E-state index in [1.165, 1.54) is 4.31 Å². The zero-order valence-corrected chi connectivity index (χ0v) is 18.5. The van der Waals surface area contributed by atoms with Crippen LogP contribution < -0.4 is 10.5 Å². The molecule has 2 N–H and O–H groups in total. The number of carbonyl (C=O) groups is 2. The molecule has 0 saturated carbocycles. The number of hydrogen-bond donors (Lipinski definition) is 1. The Labute approximate surface area is 178 Å². The number of aryl methyl sites for hydroxylation is 1. The number of benzene rings is 1. The molecule has 30 heavy (non-hydrogen) atoms. The van der Waals surface area contributed by atoms with Gasteiger partial charge in [-0.2, -0.15) is 4.31 Å². The minimum Gasteiger partial charge on any atom is -0.494 e. The highest BCUT2D eigenvalue weighted by molar-refractivity contribution is 7.89. The molecule has 2 fully saturated rings. The van der Waals surface area contributed by atoms with Crippen LogP contribution in [0.25, 0.3) is 0 Å². The van der Waals surface area contributed by atoms with E-state index in [1.54, 1.807) is 23.1 Å². The van der Waals surface area contributed by atoms with Crippen molar-refractivity contribution >= 4 is 21.8 Å². The molecule has 2 aliphatic heterocycles. The van der Waals surface area contributed by atoms with Crippen molar-refractivity contribution < 1.29 is 22.7 Å². The maximum absolute atomic E-state index is 13.0. The smallest absolute Gasteiger partial charge is 0.243 e. The molecule has 3 rings (SSSR count). The number of nitrogens with zero attached hydrogens (tertiary/aromatic N) is 2. The molecular weight excluding hydrogens is 406 g/mol. The molecule has 0 unspecified atom stereocenters. The number of nitrogens with two attached hydrogens (primary N) is 1. The van der Waals surface area contributed by atoms with E-state index in [0.717, 1.165) is 5.56 Å². The van der Waals surface area contributed by atoms with Crippen LogP contribution in [0.3, 0.4) is 0 Å². The molecule has 1 aromatic carbocycles. The molecule has 0 aliphatic carbocycles. The molecule has 1 aromatic rings. The summed E-state index contributed by atoms with van der Waals surface area (Å²) in [7, 11) is -3.61. The number of hydrogen-bond acceptors (Lipinski definition) is 5. The molecule has 0 radical (unpaired) electrons. The SMILES string of the molecule is CCOc1ccc(S(=O)(=O)N2CCC(C(=O)N3CCC(C(N)=O)CC3)CC2)cc1C. The number of sulfonamides is 1. The summed E-state index contributed by atoms with van der Waals surface area (Å²) in [5, 5.41) is 0. The van der Waals surface area contributed by atoms with Crippen molar-refractivity contribution in [1.29, 1.82) is 0 Å². The van der Waals surface area contributed by atoms with Gasteiger partial charge in [-0.1, -0.05) is 0 Å². The number of carbonyl (C=O) groups excluding carboxylic acids is 2. The van der Waals surface area contributed by atoms with Gasteiger partial charge in [0, 0.05) is 38.0 Å². The largest absolute Gasteiger partial charge is 0.494 e. The maximum atomic E-state index is 13.0. The van der Waals surface area contributed by atoms with Gasteiger partial charge >= 0.3 is 0 Å². The number of ether oxygens (including phenoxy) is 1. The van der Waals surface area contributed by atoms with Crippen molar-refractivity contribution in [3.8, 4) is 5.75 Å². The zero-order valence-electron chi connectivity index (χ0n) is 17.7. The Morgan fingerprint density at radius 1 is 1.07 bits per heavy atom. The molecule has 2 amide bonds. The monoisotopic (exact) mass is 437 g/mol. The second-order valence-corrected chi connectivity index (χ2v) is 9.98. The molecule has 0 atom stereocenters. The van der Waals surface area contributed by atoms with Crippen LogP contribution in [0, 0.1) is 18.8 Å². The molecule has 8 nitrogen and oxygen atoms in total. The van der Waals surface area contributed by atoms with Crippen LogP contribution in [0.2, 0.25) is 0 Å². The lowest BCUT2D eigenvalue weighted by atomic mass is 9.92. The molecular formula is C21H31N3O5S. The first kappa shape index (κ1) is 22.6. The number of piperidine rings is 2. The predicted octanol–water partition coefficient (Wildman–Crippen LogP) is 1.52. The third kappa shape index (κ3) is 4.78. The number of amides is 2. The number of primary amides is 1. The van der Waals surface area contributed by atoms with Gasteiger partial charge < -0.3 is 15.4 Å². The van der Waals surface area contributed by atoms with E-state index >= 15 is 0 Å². The lowest BCUT2D eigenvalue weighted by Crippen LogP contribution is -2.47. The molecule has 0 aromatic heterocycles. The number of rotatable bonds is 6. The van der Waals surface area contributed by atoms with Gasteiger partial charge in [0.05, 0.1) is 11.5 Å². The number of likely N-dealkylation sites (tertiary alicyclic amines) is 1. The van der Waals surface area contributed by atoms with Crippen molar-refractivity contribution in [3.63, 3.8) is 0 Å². The van der Waals surface area contributed by atoms with E-state index in [-0.39, 0.29) is 28.5 Å². The predicted molar refractivity (Wildman–Crippen MR) is 112 cm³/mol. The first-order valence-corrected chi connectivity index (χ1v) is 12.0. The van der Waals surface area contributed by atoms with Gasteiger partial charge in [0.1, 0.15) is 5.75 Å². The lowest BCUT2D eigenvalue weighted by Gasteiger charge is -2.36. The molecule has 9 heteroatoms. The normalized spacial score (nSPS) is 19.6. The second kappa shape index (κ2) is 9.34. The summed E-state index contributed by atoms with van der Waals surface area (Å²) in [5.74, 6) is 0.111. The summed E-state index contributed by atoms with van der Waals surface area (Å²) in [4.78, 5) is 26.2. The highest BCUT2D eigenvalue weighted by Crippen LogP contribution is 2.29. The Bertz CT molecular complexity index is 886. The van der Waals surface area contributed by atoms with Crippen molar-refractivity contribution in [2.45, 2.75) is 44.4 Å². The molecule has 2 saturated heterocycles. The van der Waals surface area contributed by atoms with Crippen molar-refractivity contribution in [2.24, 2.45) is 17.6 Å². The van der Waals surface area contributed by atoms with E-state index in [1.807, 2.05) is 13.8 Å². The first-order valence-electron chi connectivity index (χ1n) is 10.6. The second-order valence-electron chi connectivity index (χ2n) is 8.04. The summed E-state index contributed by atoms with van der Waals surface area (Å²) in [6.45, 7) is 5.96. The standard InChI is InChI=1S/C21H31N3O5S/c1-3-29-19-5-4-18(14-15(19)2)30(27,28)24-12-8-17(9-13-24)21(26)23-10-6-16(7-11-23)20(22)25/h4-5,14,16-17H,3,6-13H2,1-2H3,(H2,22,25). The topological polar surface area (TPSA) is 110 Å². The van der Waals surface area contributed by atoms with Crippen LogP contribution in [0.1, 0.15) is 38.2 Å². The Morgan fingerprint density at radius 2 is 1.67 bits per heavy atom. The molecule has 0 spiro atoms. The Balaban J connectivity index is 1.59. The van der Waals surface area contributed by atoms with Crippen molar-refractivity contribution in [1.82, 2.24) is 9.21 Å². The fourth-order valence-electron chi connectivity index (χ4n) is 4.23. The summed E-state index contributed by atoms with van der Waals surface area (Å²) >= 11 is 0. The van der Waals surface area contributed by atoms with Gasteiger partial charge in [0.2, 0.25) is 21.8 Å². The van der Waals surface area contributed by atoms with Crippen molar-refractivity contribution in [2.75, 3.05) is 32.8 Å². The van der Waals surface area contributed by atoms with E-state index in [2.05, 4.69) is 0 Å².